The van der Waals surface area contributed by atoms with Crippen LogP contribution >= 0.6 is 23.8 Å². The number of thiocarbonyl (C=S) groups is 1. The van der Waals surface area contributed by atoms with Crippen molar-refractivity contribution in [2.24, 2.45) is 0 Å². The van der Waals surface area contributed by atoms with Gasteiger partial charge in [0.25, 0.3) is 0 Å². The average Bonchev–Trinajstić information content (AvgIpc) is 3.32. The summed E-state index contributed by atoms with van der Waals surface area (Å²) in [6.07, 6.45) is -1.94. The zero-order valence-electron chi connectivity index (χ0n) is 13.8. The molecule has 1 fully saturated rings. The Morgan fingerprint density at radius 1 is 1.27 bits per heavy atom. The minimum Gasteiger partial charge on any atom is -0.362 e. The van der Waals surface area contributed by atoms with Crippen molar-refractivity contribution >= 4 is 34.6 Å². The number of nitrogens with zero attached hydrogens (tertiary/aromatic N) is 2. The molecule has 1 aromatic heterocycles. The van der Waals surface area contributed by atoms with Gasteiger partial charge < -0.3 is 10.6 Å². The largest absolute Gasteiger partial charge is 0.435 e. The van der Waals surface area contributed by atoms with Crippen LogP contribution in [0.5, 0.6) is 0 Å². The second-order valence-electron chi connectivity index (χ2n) is 6.19. The molecule has 0 amide bonds. The van der Waals surface area contributed by atoms with Crippen LogP contribution in [0.2, 0.25) is 5.02 Å². The smallest absolute Gasteiger partial charge is 0.362 e. The molecule has 0 atom stereocenters. The molecule has 2 aromatic rings. The van der Waals surface area contributed by atoms with Gasteiger partial charge in [-0.05, 0) is 61.8 Å². The maximum Gasteiger partial charge on any atom is 0.435 e. The van der Waals surface area contributed by atoms with Gasteiger partial charge in [-0.3, -0.25) is 4.68 Å². The molecule has 1 aromatic carbocycles. The summed E-state index contributed by atoms with van der Waals surface area (Å²) in [4.78, 5) is 0. The number of rotatable bonds is 6. The van der Waals surface area contributed by atoms with Gasteiger partial charge in [-0.2, -0.15) is 18.3 Å². The van der Waals surface area contributed by atoms with Gasteiger partial charge in [0.1, 0.15) is 0 Å². The topological polar surface area (TPSA) is 41.9 Å². The maximum absolute atomic E-state index is 12.9. The van der Waals surface area contributed by atoms with E-state index in [1.807, 2.05) is 0 Å². The van der Waals surface area contributed by atoms with Gasteiger partial charge in [-0.25, -0.2) is 0 Å². The quantitative estimate of drug-likeness (QED) is 0.537. The summed E-state index contributed by atoms with van der Waals surface area (Å²) in [6.45, 7) is 0.948. The van der Waals surface area contributed by atoms with Crippen molar-refractivity contribution in [1.82, 2.24) is 15.1 Å². The molecule has 140 valence electrons. The number of hydrogen-bond donors (Lipinski definition) is 2. The summed E-state index contributed by atoms with van der Waals surface area (Å²) in [5.74, 6) is 0.208. The molecule has 1 aliphatic rings. The monoisotopic (exact) mass is 402 g/mol. The van der Waals surface area contributed by atoms with Crippen molar-refractivity contribution < 1.29 is 13.2 Å². The second-order valence-corrected chi connectivity index (χ2v) is 7.04. The third-order valence-corrected chi connectivity index (χ3v) is 4.53. The first-order chi connectivity index (χ1) is 12.3. The third kappa shape index (κ3) is 5.11. The Kier molecular flexibility index (Phi) is 5.72. The Morgan fingerprint density at radius 2 is 1.96 bits per heavy atom. The van der Waals surface area contributed by atoms with Crippen molar-refractivity contribution in [1.29, 1.82) is 0 Å². The van der Waals surface area contributed by atoms with Gasteiger partial charge >= 0.3 is 6.18 Å². The molecule has 0 radical (unpaired) electrons. The Bertz CT molecular complexity index is 769. The molecule has 1 heterocycles. The molecule has 0 saturated heterocycles. The van der Waals surface area contributed by atoms with Crippen LogP contribution in [0.1, 0.15) is 36.6 Å². The first-order valence-electron chi connectivity index (χ1n) is 8.28. The zero-order chi connectivity index (χ0) is 18.7. The lowest BCUT2D eigenvalue weighted by atomic mass is 10.2. The standard InChI is InChI=1S/C17H18ClF3N4S/c18-12-4-6-13(7-5-12)23-16(26)22-8-1-9-25-14(11-2-3-11)10-15(24-25)17(19,20)21/h4-7,10-11H,1-3,8-9H2,(H2,22,23,26). The van der Waals surface area contributed by atoms with Crippen LogP contribution in [-0.2, 0) is 12.7 Å². The van der Waals surface area contributed by atoms with Gasteiger partial charge in [0.15, 0.2) is 10.8 Å². The zero-order valence-corrected chi connectivity index (χ0v) is 15.4. The van der Waals surface area contributed by atoms with Crippen molar-refractivity contribution in [2.75, 3.05) is 11.9 Å². The van der Waals surface area contributed by atoms with E-state index in [4.69, 9.17) is 23.8 Å². The van der Waals surface area contributed by atoms with Gasteiger partial charge in [-0.1, -0.05) is 11.6 Å². The summed E-state index contributed by atoms with van der Waals surface area (Å²) >= 11 is 11.0. The number of hydrogen-bond acceptors (Lipinski definition) is 2. The molecule has 9 heteroatoms. The molecule has 1 aliphatic carbocycles. The molecule has 0 bridgehead atoms. The summed E-state index contributed by atoms with van der Waals surface area (Å²) in [5, 5.41) is 10.9. The Balaban J connectivity index is 1.48. The lowest BCUT2D eigenvalue weighted by molar-refractivity contribution is -0.141. The highest BCUT2D eigenvalue weighted by Crippen LogP contribution is 2.42. The van der Waals surface area contributed by atoms with Gasteiger partial charge in [0, 0.05) is 35.4 Å². The van der Waals surface area contributed by atoms with Crippen LogP contribution in [-0.4, -0.2) is 21.4 Å². The molecule has 1 saturated carbocycles. The number of benzene rings is 1. The molecule has 26 heavy (non-hydrogen) atoms. The highest BCUT2D eigenvalue weighted by molar-refractivity contribution is 7.80. The Morgan fingerprint density at radius 3 is 2.58 bits per heavy atom. The first-order valence-corrected chi connectivity index (χ1v) is 9.07. The number of alkyl halides is 3. The first kappa shape index (κ1) is 19.0. The van der Waals surface area contributed by atoms with Crippen molar-refractivity contribution in [3.8, 4) is 0 Å². The van der Waals surface area contributed by atoms with E-state index in [0.717, 1.165) is 18.5 Å². The number of aromatic nitrogens is 2. The maximum atomic E-state index is 12.9. The fraction of sp³-hybridized carbons (Fsp3) is 0.412. The number of anilines is 1. The van der Waals surface area contributed by atoms with E-state index in [0.29, 0.717) is 35.3 Å². The predicted octanol–water partition coefficient (Wildman–Crippen LogP) is 4.81. The van der Waals surface area contributed by atoms with E-state index in [1.54, 1.807) is 24.3 Å². The van der Waals surface area contributed by atoms with E-state index < -0.39 is 11.9 Å². The molecule has 0 unspecified atom stereocenters. The summed E-state index contributed by atoms with van der Waals surface area (Å²) in [7, 11) is 0. The van der Waals surface area contributed by atoms with E-state index >= 15 is 0 Å². The highest BCUT2D eigenvalue weighted by Gasteiger charge is 2.37. The number of aryl methyl sites for hydroxylation is 1. The van der Waals surface area contributed by atoms with Crippen molar-refractivity contribution in [3.05, 3.63) is 46.7 Å². The molecule has 3 rings (SSSR count). The van der Waals surface area contributed by atoms with Gasteiger partial charge in [0.05, 0.1) is 0 Å². The molecular weight excluding hydrogens is 385 g/mol. The Labute approximate surface area is 159 Å². The second kappa shape index (κ2) is 7.84. The van der Waals surface area contributed by atoms with Crippen LogP contribution in [0.25, 0.3) is 0 Å². The number of nitrogens with one attached hydrogen (secondary N) is 2. The lowest BCUT2D eigenvalue weighted by Gasteiger charge is -2.11. The molecular formula is C17H18ClF3N4S. The van der Waals surface area contributed by atoms with E-state index in [-0.39, 0.29) is 5.92 Å². The highest BCUT2D eigenvalue weighted by atomic mass is 35.5. The third-order valence-electron chi connectivity index (χ3n) is 4.03. The summed E-state index contributed by atoms with van der Waals surface area (Å²) in [5.41, 5.74) is 0.677. The fourth-order valence-corrected chi connectivity index (χ4v) is 2.94. The average molecular weight is 403 g/mol. The van der Waals surface area contributed by atoms with E-state index in [9.17, 15) is 13.2 Å². The minimum atomic E-state index is -4.41. The molecule has 0 aliphatic heterocycles. The minimum absolute atomic E-state index is 0.208. The number of halogens is 4. The fourth-order valence-electron chi connectivity index (χ4n) is 2.60. The summed E-state index contributed by atoms with van der Waals surface area (Å²) < 4.78 is 40.1. The molecule has 0 spiro atoms. The van der Waals surface area contributed by atoms with Crippen LogP contribution in [0.15, 0.2) is 30.3 Å². The Hall–Kier alpha value is -1.80. The normalized spacial score (nSPS) is 14.3. The predicted molar refractivity (Wildman–Crippen MR) is 99.5 cm³/mol. The summed E-state index contributed by atoms with van der Waals surface area (Å²) in [6, 6.07) is 8.29. The lowest BCUT2D eigenvalue weighted by Crippen LogP contribution is -2.29. The van der Waals surface area contributed by atoms with Crippen molar-refractivity contribution in [3.63, 3.8) is 0 Å². The SMILES string of the molecule is FC(F)(F)c1cc(C2CC2)n(CCCNC(=S)Nc2ccc(Cl)cc2)n1. The van der Waals surface area contributed by atoms with Crippen LogP contribution < -0.4 is 10.6 Å². The van der Waals surface area contributed by atoms with Gasteiger partial charge in [0.2, 0.25) is 0 Å². The van der Waals surface area contributed by atoms with E-state index in [1.165, 1.54) is 10.7 Å². The van der Waals surface area contributed by atoms with Crippen LogP contribution in [0, 0.1) is 0 Å². The van der Waals surface area contributed by atoms with E-state index in [2.05, 4.69) is 15.7 Å². The molecule has 2 N–H and O–H groups in total. The van der Waals surface area contributed by atoms with Gasteiger partial charge in [-0.15, -0.1) is 0 Å². The molecule has 4 nitrogen and oxygen atoms in total. The van der Waals surface area contributed by atoms with Crippen LogP contribution in [0.4, 0.5) is 18.9 Å². The van der Waals surface area contributed by atoms with Crippen molar-refractivity contribution in [2.45, 2.75) is 37.9 Å². The van der Waals surface area contributed by atoms with Crippen LogP contribution in [0.3, 0.4) is 0 Å².